The summed E-state index contributed by atoms with van der Waals surface area (Å²) in [5.41, 5.74) is 2.32. The van der Waals surface area contributed by atoms with E-state index in [1.807, 2.05) is 30.5 Å². The Kier molecular flexibility index (Phi) is 5.10. The fraction of sp³-hybridized carbons (Fsp3) is 0.381. The van der Waals surface area contributed by atoms with E-state index >= 15 is 0 Å². The minimum absolute atomic E-state index is 0.163. The number of aryl methyl sites for hydroxylation is 2. The number of aromatic nitrogens is 5. The molecule has 4 aromatic rings. The van der Waals surface area contributed by atoms with Gasteiger partial charge in [0, 0.05) is 31.6 Å². The van der Waals surface area contributed by atoms with Crippen molar-refractivity contribution < 1.29 is 14.2 Å². The van der Waals surface area contributed by atoms with Gasteiger partial charge in [0.15, 0.2) is 11.2 Å². The van der Waals surface area contributed by atoms with Crippen LogP contribution in [0.3, 0.4) is 0 Å². The van der Waals surface area contributed by atoms with E-state index in [-0.39, 0.29) is 13.2 Å². The summed E-state index contributed by atoms with van der Waals surface area (Å²) in [5.74, 6) is 1.78. The highest BCUT2D eigenvalue weighted by atomic mass is 16.5. The molecule has 0 spiro atoms. The molecule has 1 aromatic carbocycles. The molecule has 10 heteroatoms. The number of hydrogen-bond donors (Lipinski definition) is 0. The lowest BCUT2D eigenvalue weighted by atomic mass is 10.2. The average Bonchev–Trinajstić information content (AvgIpc) is 3.27. The second-order valence-corrected chi connectivity index (χ2v) is 7.25. The average molecular weight is 427 g/mol. The number of nitrogens with zero attached hydrogens (tertiary/aromatic N) is 5. The largest absolute Gasteiger partial charge is 0.497 e. The molecule has 164 valence electrons. The van der Waals surface area contributed by atoms with Gasteiger partial charge in [-0.05, 0) is 26.0 Å². The molecule has 0 saturated heterocycles. The van der Waals surface area contributed by atoms with E-state index in [2.05, 4.69) is 0 Å². The normalized spacial score (nSPS) is 11.5. The summed E-state index contributed by atoms with van der Waals surface area (Å²) in [6.45, 7) is 4.28. The van der Waals surface area contributed by atoms with E-state index in [9.17, 15) is 9.59 Å². The molecule has 0 saturated carbocycles. The van der Waals surface area contributed by atoms with Crippen molar-refractivity contribution in [2.24, 2.45) is 7.05 Å². The smallest absolute Gasteiger partial charge is 0.332 e. The lowest BCUT2D eigenvalue weighted by Crippen LogP contribution is -2.40. The Labute approximate surface area is 177 Å². The van der Waals surface area contributed by atoms with Crippen molar-refractivity contribution >= 4 is 16.9 Å². The molecular formula is C21H25N5O5. The zero-order chi connectivity index (χ0) is 22.4. The first-order valence-electron chi connectivity index (χ1n) is 9.76. The number of methoxy groups -OCH3 is 3. The maximum absolute atomic E-state index is 13.3. The van der Waals surface area contributed by atoms with Gasteiger partial charge in [-0.1, -0.05) is 0 Å². The summed E-state index contributed by atoms with van der Waals surface area (Å²) in [6.07, 6.45) is 0. The number of hydrogen-bond acceptors (Lipinski definition) is 6. The molecule has 3 aromatic heterocycles. The minimum Gasteiger partial charge on any atom is -0.497 e. The highest BCUT2D eigenvalue weighted by Crippen LogP contribution is 2.32. The van der Waals surface area contributed by atoms with Crippen molar-refractivity contribution in [3.8, 4) is 17.2 Å². The third-order valence-corrected chi connectivity index (χ3v) is 5.67. The first-order chi connectivity index (χ1) is 14.8. The minimum atomic E-state index is -0.432. The monoisotopic (exact) mass is 427 g/mol. The third kappa shape index (κ3) is 2.94. The van der Waals surface area contributed by atoms with Crippen LogP contribution in [0.4, 0.5) is 0 Å². The standard InChI is InChI=1S/C21H25N5O5/c1-12-13(2)26-17-18(23(3)21(28)24(19(17)27)9-10-29-4)22-20(26)25(12)15-8-7-14(30-5)11-16(15)31-6/h7-8,11H,9-10H2,1-6H3. The molecule has 0 amide bonds. The van der Waals surface area contributed by atoms with E-state index < -0.39 is 11.2 Å². The van der Waals surface area contributed by atoms with Crippen molar-refractivity contribution in [3.05, 3.63) is 50.4 Å². The Balaban J connectivity index is 2.12. The summed E-state index contributed by atoms with van der Waals surface area (Å²) in [4.78, 5) is 30.7. The predicted molar refractivity (Wildman–Crippen MR) is 116 cm³/mol. The highest BCUT2D eigenvalue weighted by Gasteiger charge is 2.24. The Morgan fingerprint density at radius 3 is 2.42 bits per heavy atom. The van der Waals surface area contributed by atoms with E-state index in [0.717, 1.165) is 17.1 Å². The molecule has 0 atom stereocenters. The molecular weight excluding hydrogens is 402 g/mol. The van der Waals surface area contributed by atoms with Gasteiger partial charge in [0.05, 0.1) is 33.1 Å². The number of rotatable bonds is 6. The SMILES string of the molecule is COCCn1c(=O)c2c(nc3n(-c4ccc(OC)cc4OC)c(C)c(C)n23)n(C)c1=O. The Morgan fingerprint density at radius 1 is 1.03 bits per heavy atom. The second-order valence-electron chi connectivity index (χ2n) is 7.25. The van der Waals surface area contributed by atoms with Crippen LogP contribution in [-0.2, 0) is 18.3 Å². The molecule has 0 aliphatic carbocycles. The van der Waals surface area contributed by atoms with Gasteiger partial charge in [-0.15, -0.1) is 0 Å². The first kappa shape index (κ1) is 20.7. The summed E-state index contributed by atoms with van der Waals surface area (Å²) in [5, 5.41) is 0. The summed E-state index contributed by atoms with van der Waals surface area (Å²) < 4.78 is 22.2. The molecule has 0 N–H and O–H groups in total. The summed E-state index contributed by atoms with van der Waals surface area (Å²) in [7, 11) is 6.32. The van der Waals surface area contributed by atoms with Crippen LogP contribution in [0.1, 0.15) is 11.4 Å². The number of imidazole rings is 2. The van der Waals surface area contributed by atoms with Gasteiger partial charge in [-0.25, -0.2) is 4.79 Å². The maximum atomic E-state index is 13.3. The van der Waals surface area contributed by atoms with Crippen molar-refractivity contribution in [2.75, 3.05) is 27.9 Å². The topological polar surface area (TPSA) is 93.9 Å². The molecule has 4 rings (SSSR count). The van der Waals surface area contributed by atoms with Gasteiger partial charge in [-0.3, -0.25) is 22.9 Å². The fourth-order valence-electron chi connectivity index (χ4n) is 3.89. The predicted octanol–water partition coefficient (Wildman–Crippen LogP) is 1.42. The van der Waals surface area contributed by atoms with Gasteiger partial charge >= 0.3 is 5.69 Å². The zero-order valence-electron chi connectivity index (χ0n) is 18.4. The third-order valence-electron chi connectivity index (χ3n) is 5.67. The maximum Gasteiger partial charge on any atom is 0.332 e. The van der Waals surface area contributed by atoms with Gasteiger partial charge in [0.1, 0.15) is 11.5 Å². The van der Waals surface area contributed by atoms with Crippen LogP contribution >= 0.6 is 0 Å². The molecule has 0 aliphatic heterocycles. The van der Waals surface area contributed by atoms with Gasteiger partial charge in [-0.2, -0.15) is 4.98 Å². The molecule has 3 heterocycles. The first-order valence-corrected chi connectivity index (χ1v) is 9.76. The molecule has 0 unspecified atom stereocenters. The van der Waals surface area contributed by atoms with Crippen LogP contribution < -0.4 is 20.7 Å². The van der Waals surface area contributed by atoms with Gasteiger partial charge in [0.2, 0.25) is 5.78 Å². The molecule has 10 nitrogen and oxygen atoms in total. The van der Waals surface area contributed by atoms with Crippen LogP contribution in [0, 0.1) is 13.8 Å². The van der Waals surface area contributed by atoms with Crippen molar-refractivity contribution in [2.45, 2.75) is 20.4 Å². The number of fused-ring (bicyclic) bond motifs is 3. The Morgan fingerprint density at radius 2 is 1.77 bits per heavy atom. The lowest BCUT2D eigenvalue weighted by Gasteiger charge is -2.13. The number of ether oxygens (including phenoxy) is 3. The van der Waals surface area contributed by atoms with Crippen molar-refractivity contribution in [1.29, 1.82) is 0 Å². The highest BCUT2D eigenvalue weighted by molar-refractivity contribution is 5.77. The summed E-state index contributed by atoms with van der Waals surface area (Å²) >= 11 is 0. The van der Waals surface area contributed by atoms with Crippen LogP contribution in [-0.4, -0.2) is 51.0 Å². The molecule has 0 fully saturated rings. The molecule has 31 heavy (non-hydrogen) atoms. The molecule has 0 aliphatic rings. The van der Waals surface area contributed by atoms with E-state index in [1.165, 1.54) is 16.2 Å². The van der Waals surface area contributed by atoms with Gasteiger partial charge in [0.25, 0.3) is 5.56 Å². The van der Waals surface area contributed by atoms with E-state index in [0.29, 0.717) is 28.4 Å². The Bertz CT molecular complexity index is 1420. The van der Waals surface area contributed by atoms with E-state index in [1.54, 1.807) is 31.7 Å². The number of benzene rings is 1. The quantitative estimate of drug-likeness (QED) is 0.462. The Hall–Kier alpha value is -3.53. The fourth-order valence-corrected chi connectivity index (χ4v) is 3.89. The van der Waals surface area contributed by atoms with Crippen molar-refractivity contribution in [1.82, 2.24) is 23.1 Å². The lowest BCUT2D eigenvalue weighted by molar-refractivity contribution is 0.184. The second kappa shape index (κ2) is 7.62. The molecule has 0 bridgehead atoms. The van der Waals surface area contributed by atoms with Crippen LogP contribution in [0.15, 0.2) is 27.8 Å². The summed E-state index contributed by atoms with van der Waals surface area (Å²) in [6, 6.07) is 5.50. The molecule has 0 radical (unpaired) electrons. The zero-order valence-corrected chi connectivity index (χ0v) is 18.4. The van der Waals surface area contributed by atoms with Crippen molar-refractivity contribution in [3.63, 3.8) is 0 Å². The van der Waals surface area contributed by atoms with Crippen LogP contribution in [0.25, 0.3) is 22.6 Å². The van der Waals surface area contributed by atoms with Gasteiger partial charge < -0.3 is 14.2 Å². The van der Waals surface area contributed by atoms with Crippen LogP contribution in [0.2, 0.25) is 0 Å². The van der Waals surface area contributed by atoms with Crippen LogP contribution in [0.5, 0.6) is 11.5 Å². The van der Waals surface area contributed by atoms with E-state index in [4.69, 9.17) is 19.2 Å².